The van der Waals surface area contributed by atoms with Crippen LogP contribution in [-0.4, -0.2) is 11.0 Å². The van der Waals surface area contributed by atoms with Crippen LogP contribution in [0.4, 0.5) is 5.69 Å². The molecular formula is C16H18N2. The van der Waals surface area contributed by atoms with Crippen LogP contribution in [0.1, 0.15) is 25.0 Å². The molecule has 0 saturated heterocycles. The van der Waals surface area contributed by atoms with Crippen molar-refractivity contribution in [1.29, 1.82) is 0 Å². The van der Waals surface area contributed by atoms with Crippen molar-refractivity contribution in [2.45, 2.75) is 31.7 Å². The summed E-state index contributed by atoms with van der Waals surface area (Å²) in [5, 5.41) is 3.62. The molecule has 2 nitrogen and oxygen atoms in total. The van der Waals surface area contributed by atoms with Crippen LogP contribution < -0.4 is 5.32 Å². The molecule has 1 N–H and O–H groups in total. The SMILES string of the molecule is CC1(C)c2ccccc2C[C@H]1Nc1cccnc1. The van der Waals surface area contributed by atoms with Crippen molar-refractivity contribution in [3.05, 3.63) is 59.9 Å². The van der Waals surface area contributed by atoms with Gasteiger partial charge >= 0.3 is 0 Å². The van der Waals surface area contributed by atoms with Gasteiger partial charge in [0.25, 0.3) is 0 Å². The molecule has 0 fully saturated rings. The van der Waals surface area contributed by atoms with Gasteiger partial charge in [0.05, 0.1) is 5.69 Å². The fraction of sp³-hybridized carbons (Fsp3) is 0.312. The highest BCUT2D eigenvalue weighted by Crippen LogP contribution is 2.39. The third-order valence-corrected chi connectivity index (χ3v) is 4.01. The Hall–Kier alpha value is -1.83. The number of anilines is 1. The van der Waals surface area contributed by atoms with E-state index in [-0.39, 0.29) is 5.41 Å². The molecule has 0 radical (unpaired) electrons. The first-order valence-corrected chi connectivity index (χ1v) is 6.43. The molecule has 2 heteroatoms. The molecule has 92 valence electrons. The zero-order chi connectivity index (χ0) is 12.6. The molecule has 18 heavy (non-hydrogen) atoms. The van der Waals surface area contributed by atoms with Crippen molar-refractivity contribution >= 4 is 5.69 Å². The quantitative estimate of drug-likeness (QED) is 0.867. The van der Waals surface area contributed by atoms with E-state index in [4.69, 9.17) is 0 Å². The van der Waals surface area contributed by atoms with E-state index in [9.17, 15) is 0 Å². The Balaban J connectivity index is 1.89. The second-order valence-corrected chi connectivity index (χ2v) is 5.52. The minimum absolute atomic E-state index is 0.159. The maximum atomic E-state index is 4.16. The second kappa shape index (κ2) is 4.13. The standard InChI is InChI=1S/C16H18N2/c1-16(2)14-8-4-3-6-12(14)10-15(16)18-13-7-5-9-17-11-13/h3-9,11,15,18H,10H2,1-2H3/t15-/m1/s1. The maximum absolute atomic E-state index is 4.16. The van der Waals surface area contributed by atoms with Gasteiger partial charge in [0.1, 0.15) is 0 Å². The number of pyridine rings is 1. The van der Waals surface area contributed by atoms with Gasteiger partial charge in [0.2, 0.25) is 0 Å². The molecule has 1 aromatic heterocycles. The van der Waals surface area contributed by atoms with E-state index in [1.54, 1.807) is 6.20 Å². The number of nitrogens with zero attached hydrogens (tertiary/aromatic N) is 1. The number of rotatable bonds is 2. The molecule has 3 rings (SSSR count). The van der Waals surface area contributed by atoms with Crippen molar-refractivity contribution < 1.29 is 0 Å². The van der Waals surface area contributed by atoms with Gasteiger partial charge in [-0.15, -0.1) is 0 Å². The Morgan fingerprint density at radius 2 is 2.00 bits per heavy atom. The van der Waals surface area contributed by atoms with Crippen LogP contribution in [0.15, 0.2) is 48.8 Å². The lowest BCUT2D eigenvalue weighted by Gasteiger charge is -2.29. The minimum Gasteiger partial charge on any atom is -0.380 e. The normalized spacial score (nSPS) is 20.4. The first-order valence-electron chi connectivity index (χ1n) is 6.43. The second-order valence-electron chi connectivity index (χ2n) is 5.52. The van der Waals surface area contributed by atoms with Crippen LogP contribution in [0.2, 0.25) is 0 Å². The highest BCUT2D eigenvalue weighted by atomic mass is 15.0. The van der Waals surface area contributed by atoms with Crippen molar-refractivity contribution in [3.63, 3.8) is 0 Å². The van der Waals surface area contributed by atoms with Crippen LogP contribution in [0.25, 0.3) is 0 Å². The van der Waals surface area contributed by atoms with Gasteiger partial charge in [0, 0.05) is 23.9 Å². The average Bonchev–Trinajstić information content (AvgIpc) is 2.63. The van der Waals surface area contributed by atoms with Crippen LogP contribution in [0.5, 0.6) is 0 Å². The monoisotopic (exact) mass is 238 g/mol. The Labute approximate surface area is 108 Å². The van der Waals surface area contributed by atoms with E-state index >= 15 is 0 Å². The molecule has 0 saturated carbocycles. The zero-order valence-electron chi connectivity index (χ0n) is 10.9. The fourth-order valence-electron chi connectivity index (χ4n) is 2.87. The summed E-state index contributed by atoms with van der Waals surface area (Å²) >= 11 is 0. The van der Waals surface area contributed by atoms with Crippen molar-refractivity contribution in [2.24, 2.45) is 0 Å². The molecule has 1 aliphatic carbocycles. The minimum atomic E-state index is 0.159. The lowest BCUT2D eigenvalue weighted by molar-refractivity contribution is 0.470. The Morgan fingerprint density at radius 1 is 1.17 bits per heavy atom. The molecule has 0 bridgehead atoms. The van der Waals surface area contributed by atoms with Gasteiger partial charge in [0.15, 0.2) is 0 Å². The largest absolute Gasteiger partial charge is 0.380 e. The van der Waals surface area contributed by atoms with Gasteiger partial charge < -0.3 is 5.32 Å². The van der Waals surface area contributed by atoms with E-state index in [2.05, 4.69) is 54.5 Å². The molecule has 1 heterocycles. The van der Waals surface area contributed by atoms with E-state index in [0.29, 0.717) is 6.04 Å². The smallest absolute Gasteiger partial charge is 0.0529 e. The number of benzene rings is 1. The summed E-state index contributed by atoms with van der Waals surface area (Å²) in [6, 6.07) is 13.2. The zero-order valence-corrected chi connectivity index (χ0v) is 10.9. The van der Waals surface area contributed by atoms with Crippen molar-refractivity contribution in [1.82, 2.24) is 4.98 Å². The van der Waals surface area contributed by atoms with Gasteiger partial charge in [-0.3, -0.25) is 4.98 Å². The highest BCUT2D eigenvalue weighted by Gasteiger charge is 2.38. The number of aromatic nitrogens is 1. The van der Waals surface area contributed by atoms with Gasteiger partial charge in [-0.25, -0.2) is 0 Å². The summed E-state index contributed by atoms with van der Waals surface area (Å²) in [6.45, 7) is 4.62. The lowest BCUT2D eigenvalue weighted by Crippen LogP contribution is -2.36. The number of nitrogens with one attached hydrogen (secondary N) is 1. The molecule has 0 unspecified atom stereocenters. The third kappa shape index (κ3) is 1.78. The lowest BCUT2D eigenvalue weighted by atomic mass is 9.83. The Bertz CT molecular complexity index is 546. The van der Waals surface area contributed by atoms with Crippen molar-refractivity contribution in [2.75, 3.05) is 5.32 Å². The van der Waals surface area contributed by atoms with Crippen LogP contribution in [0.3, 0.4) is 0 Å². The third-order valence-electron chi connectivity index (χ3n) is 4.01. The van der Waals surface area contributed by atoms with E-state index in [1.165, 1.54) is 11.1 Å². The number of hydrogen-bond donors (Lipinski definition) is 1. The summed E-state index contributed by atoms with van der Waals surface area (Å²) in [7, 11) is 0. The molecule has 1 atom stereocenters. The summed E-state index contributed by atoms with van der Waals surface area (Å²) in [5.74, 6) is 0. The van der Waals surface area contributed by atoms with E-state index in [0.717, 1.165) is 12.1 Å². The van der Waals surface area contributed by atoms with Crippen molar-refractivity contribution in [3.8, 4) is 0 Å². The topological polar surface area (TPSA) is 24.9 Å². The van der Waals surface area contributed by atoms with Crippen LogP contribution in [-0.2, 0) is 11.8 Å². The molecule has 1 aliphatic rings. The van der Waals surface area contributed by atoms with Crippen LogP contribution in [0, 0.1) is 0 Å². The predicted octanol–water partition coefficient (Wildman–Crippen LogP) is 3.40. The maximum Gasteiger partial charge on any atom is 0.0529 e. The molecular weight excluding hydrogens is 220 g/mol. The average molecular weight is 238 g/mol. The van der Waals surface area contributed by atoms with Crippen LogP contribution >= 0.6 is 0 Å². The van der Waals surface area contributed by atoms with Gasteiger partial charge in [-0.05, 0) is 29.7 Å². The number of hydrogen-bond acceptors (Lipinski definition) is 2. The first kappa shape index (κ1) is 11.3. The fourth-order valence-corrected chi connectivity index (χ4v) is 2.87. The van der Waals surface area contributed by atoms with Gasteiger partial charge in [-0.1, -0.05) is 38.1 Å². The predicted molar refractivity (Wildman–Crippen MR) is 74.8 cm³/mol. The molecule has 0 aliphatic heterocycles. The van der Waals surface area contributed by atoms with E-state index < -0.39 is 0 Å². The summed E-state index contributed by atoms with van der Waals surface area (Å²) in [4.78, 5) is 4.16. The molecule has 2 aromatic rings. The molecule has 1 aromatic carbocycles. The number of fused-ring (bicyclic) bond motifs is 1. The highest BCUT2D eigenvalue weighted by molar-refractivity contribution is 5.48. The molecule has 0 spiro atoms. The molecule has 0 amide bonds. The summed E-state index contributed by atoms with van der Waals surface area (Å²) in [6.07, 6.45) is 4.77. The Kier molecular flexibility index (Phi) is 2.58. The van der Waals surface area contributed by atoms with E-state index in [1.807, 2.05) is 12.3 Å². The summed E-state index contributed by atoms with van der Waals surface area (Å²) < 4.78 is 0. The summed E-state index contributed by atoms with van der Waals surface area (Å²) in [5.41, 5.74) is 4.19. The Morgan fingerprint density at radius 3 is 2.72 bits per heavy atom. The van der Waals surface area contributed by atoms with Gasteiger partial charge in [-0.2, -0.15) is 0 Å². The first-order chi connectivity index (χ1) is 8.68.